The molecule has 1 aliphatic rings. The standard InChI is InChI=1S/C32H30ClFN4O4/c1-2-20(11-29(34)21-7-4-3-5-8-21)19-42-26-13-22(12-24(33)15-26)27-14-23(28-17-36-32(41)37-30(28)39)18-38(31(27)40)25-9-6-10-35-16-25/h2,6,9-18,21H,3-5,7-8,19H2,1H3,(H2,36,37,39,41)/b20-2+,29-11+. The Morgan fingerprint density at radius 1 is 1.12 bits per heavy atom. The van der Waals surface area contributed by atoms with Crippen molar-refractivity contribution in [2.45, 2.75) is 39.0 Å². The smallest absolute Gasteiger partial charge is 0.325 e. The van der Waals surface area contributed by atoms with Gasteiger partial charge in [0.1, 0.15) is 18.2 Å². The predicted octanol–water partition coefficient (Wildman–Crippen LogP) is 6.36. The fraction of sp³-hybridized carbons (Fsp3) is 0.250. The van der Waals surface area contributed by atoms with Crippen LogP contribution in [-0.4, -0.2) is 26.1 Å². The number of ether oxygens (including phenoxy) is 1. The summed E-state index contributed by atoms with van der Waals surface area (Å²) in [4.78, 5) is 46.8. The number of hydrogen-bond acceptors (Lipinski definition) is 5. The van der Waals surface area contributed by atoms with Gasteiger partial charge in [0.25, 0.3) is 11.1 Å². The van der Waals surface area contributed by atoms with Crippen molar-refractivity contribution in [3.8, 4) is 33.7 Å². The van der Waals surface area contributed by atoms with Gasteiger partial charge >= 0.3 is 5.69 Å². The van der Waals surface area contributed by atoms with Crippen LogP contribution in [0.5, 0.6) is 5.75 Å². The summed E-state index contributed by atoms with van der Waals surface area (Å²) in [6, 6.07) is 9.88. The van der Waals surface area contributed by atoms with Crippen molar-refractivity contribution >= 4 is 11.6 Å². The molecule has 3 aromatic heterocycles. The topological polar surface area (TPSA) is 110 Å². The number of nitrogens with zero attached hydrogens (tertiary/aromatic N) is 2. The molecular formula is C32H30ClFN4O4. The molecule has 216 valence electrons. The van der Waals surface area contributed by atoms with Crippen molar-refractivity contribution in [3.05, 3.63) is 121 Å². The first-order valence-corrected chi connectivity index (χ1v) is 14.2. The number of benzene rings is 1. The highest BCUT2D eigenvalue weighted by Crippen LogP contribution is 2.32. The summed E-state index contributed by atoms with van der Waals surface area (Å²) in [5, 5.41) is 0.327. The number of halogens is 2. The lowest BCUT2D eigenvalue weighted by molar-refractivity contribution is 0.341. The summed E-state index contributed by atoms with van der Waals surface area (Å²) in [5.41, 5.74) is 0.778. The summed E-state index contributed by atoms with van der Waals surface area (Å²) < 4.78 is 22.3. The van der Waals surface area contributed by atoms with Crippen LogP contribution in [0, 0.1) is 5.92 Å². The zero-order valence-corrected chi connectivity index (χ0v) is 23.8. The first-order valence-electron chi connectivity index (χ1n) is 13.8. The fourth-order valence-electron chi connectivity index (χ4n) is 5.10. The van der Waals surface area contributed by atoms with Gasteiger partial charge in [-0.2, -0.15) is 0 Å². The van der Waals surface area contributed by atoms with Crippen molar-refractivity contribution in [2.24, 2.45) is 5.92 Å². The molecule has 4 aromatic rings. The lowest BCUT2D eigenvalue weighted by atomic mass is 9.88. The van der Waals surface area contributed by atoms with Gasteiger partial charge in [0, 0.05) is 40.7 Å². The molecule has 42 heavy (non-hydrogen) atoms. The van der Waals surface area contributed by atoms with Crippen LogP contribution in [0.1, 0.15) is 39.0 Å². The van der Waals surface area contributed by atoms with Crippen LogP contribution in [-0.2, 0) is 0 Å². The minimum absolute atomic E-state index is 0.0459. The number of allylic oxidation sites excluding steroid dienone is 2. The summed E-state index contributed by atoms with van der Waals surface area (Å²) in [6.45, 7) is 1.95. The molecule has 0 bridgehead atoms. The Morgan fingerprint density at radius 3 is 2.64 bits per heavy atom. The quantitative estimate of drug-likeness (QED) is 0.233. The van der Waals surface area contributed by atoms with E-state index in [-0.39, 0.29) is 35.0 Å². The maximum atomic E-state index is 14.9. The Bertz CT molecular complexity index is 1820. The van der Waals surface area contributed by atoms with Gasteiger partial charge in [0.2, 0.25) is 0 Å². The van der Waals surface area contributed by atoms with Crippen molar-refractivity contribution in [3.63, 3.8) is 0 Å². The third-order valence-electron chi connectivity index (χ3n) is 7.35. The van der Waals surface area contributed by atoms with E-state index in [0.29, 0.717) is 33.2 Å². The minimum Gasteiger partial charge on any atom is -0.489 e. The van der Waals surface area contributed by atoms with E-state index >= 15 is 0 Å². The second kappa shape index (κ2) is 13.0. The van der Waals surface area contributed by atoms with Gasteiger partial charge < -0.3 is 9.72 Å². The highest BCUT2D eigenvalue weighted by molar-refractivity contribution is 6.31. The van der Waals surface area contributed by atoms with Crippen molar-refractivity contribution in [1.82, 2.24) is 19.5 Å². The maximum Gasteiger partial charge on any atom is 0.325 e. The molecule has 0 spiro atoms. The number of rotatable bonds is 8. The summed E-state index contributed by atoms with van der Waals surface area (Å²) >= 11 is 6.46. The number of aromatic amines is 2. The number of aromatic nitrogens is 4. The summed E-state index contributed by atoms with van der Waals surface area (Å²) in [5.74, 6) is 0.224. The molecule has 1 aliphatic carbocycles. The second-order valence-corrected chi connectivity index (χ2v) is 10.6. The second-order valence-electron chi connectivity index (χ2n) is 10.2. The van der Waals surface area contributed by atoms with Crippen molar-refractivity contribution in [2.75, 3.05) is 6.61 Å². The normalized spacial score (nSPS) is 14.6. The van der Waals surface area contributed by atoms with Gasteiger partial charge in [-0.05, 0) is 73.4 Å². The van der Waals surface area contributed by atoms with E-state index in [4.69, 9.17) is 16.3 Å². The Morgan fingerprint density at radius 2 is 1.93 bits per heavy atom. The molecule has 0 radical (unpaired) electrons. The van der Waals surface area contributed by atoms with Crippen LogP contribution in [0.4, 0.5) is 4.39 Å². The predicted molar refractivity (Wildman–Crippen MR) is 162 cm³/mol. The van der Waals surface area contributed by atoms with E-state index < -0.39 is 11.2 Å². The van der Waals surface area contributed by atoms with Crippen molar-refractivity contribution in [1.29, 1.82) is 0 Å². The van der Waals surface area contributed by atoms with Gasteiger partial charge in [-0.25, -0.2) is 9.18 Å². The van der Waals surface area contributed by atoms with Crippen LogP contribution in [0.3, 0.4) is 0 Å². The van der Waals surface area contributed by atoms with E-state index in [2.05, 4.69) is 15.0 Å². The highest BCUT2D eigenvalue weighted by Gasteiger charge is 2.19. The third-order valence-corrected chi connectivity index (χ3v) is 7.57. The summed E-state index contributed by atoms with van der Waals surface area (Å²) in [6.07, 6.45) is 14.2. The van der Waals surface area contributed by atoms with Crippen LogP contribution < -0.4 is 21.5 Å². The molecule has 3 heterocycles. The number of hydrogen-bond donors (Lipinski definition) is 2. The highest BCUT2D eigenvalue weighted by atomic mass is 35.5. The Labute approximate surface area is 246 Å². The molecule has 5 rings (SSSR count). The molecule has 0 saturated heterocycles. The zero-order valence-electron chi connectivity index (χ0n) is 23.0. The SMILES string of the molecule is C/C=C(\C=C(\F)C1CCCCC1)COc1cc(Cl)cc(-c2cc(-c3c[nH]c(=O)[nH]c3=O)cn(-c3cccnc3)c2=O)c1. The lowest BCUT2D eigenvalue weighted by Gasteiger charge is -2.20. The van der Waals surface area contributed by atoms with Gasteiger partial charge in [-0.3, -0.25) is 24.1 Å². The number of nitrogens with one attached hydrogen (secondary N) is 2. The third kappa shape index (κ3) is 6.69. The maximum absolute atomic E-state index is 14.9. The van der Waals surface area contributed by atoms with Gasteiger partial charge in [0.15, 0.2) is 0 Å². The van der Waals surface area contributed by atoms with E-state index in [9.17, 15) is 18.8 Å². The number of pyridine rings is 2. The van der Waals surface area contributed by atoms with Crippen LogP contribution >= 0.6 is 11.6 Å². The molecule has 1 saturated carbocycles. The molecule has 2 N–H and O–H groups in total. The van der Waals surface area contributed by atoms with Gasteiger partial charge in [-0.1, -0.05) is 36.9 Å². The van der Waals surface area contributed by atoms with Crippen LogP contribution in [0.15, 0.2) is 99.1 Å². The van der Waals surface area contributed by atoms with Crippen LogP contribution in [0.2, 0.25) is 5.02 Å². The molecule has 10 heteroatoms. The Hall–Kier alpha value is -4.50. The Balaban J connectivity index is 1.52. The molecule has 1 aromatic carbocycles. The van der Waals surface area contributed by atoms with E-state index in [1.165, 1.54) is 23.2 Å². The van der Waals surface area contributed by atoms with E-state index in [0.717, 1.165) is 32.1 Å². The molecule has 0 amide bonds. The fourth-order valence-corrected chi connectivity index (χ4v) is 5.32. The molecule has 1 fully saturated rings. The van der Waals surface area contributed by atoms with E-state index in [1.54, 1.807) is 48.7 Å². The molecule has 0 aliphatic heterocycles. The monoisotopic (exact) mass is 588 g/mol. The zero-order chi connectivity index (χ0) is 29.6. The Kier molecular flexibility index (Phi) is 8.97. The average Bonchev–Trinajstić information content (AvgIpc) is 3.00. The largest absolute Gasteiger partial charge is 0.489 e. The van der Waals surface area contributed by atoms with Gasteiger partial charge in [0.05, 0.1) is 17.4 Å². The summed E-state index contributed by atoms with van der Waals surface area (Å²) in [7, 11) is 0. The van der Waals surface area contributed by atoms with Gasteiger partial charge in [-0.15, -0.1) is 0 Å². The number of H-pyrrole nitrogens is 2. The van der Waals surface area contributed by atoms with Crippen LogP contribution in [0.25, 0.3) is 27.9 Å². The van der Waals surface area contributed by atoms with Crippen molar-refractivity contribution < 1.29 is 9.13 Å². The molecule has 0 atom stereocenters. The van der Waals surface area contributed by atoms with E-state index in [1.807, 2.05) is 13.0 Å². The molecule has 8 nitrogen and oxygen atoms in total. The average molecular weight is 589 g/mol. The molecule has 0 unspecified atom stereocenters. The lowest BCUT2D eigenvalue weighted by Crippen LogP contribution is -2.24. The molecular weight excluding hydrogens is 559 g/mol. The first-order chi connectivity index (χ1) is 20.3. The first kappa shape index (κ1) is 29.0. The minimum atomic E-state index is -0.643.